The van der Waals surface area contributed by atoms with E-state index in [9.17, 15) is 9.59 Å². The molecule has 0 heterocycles. The van der Waals surface area contributed by atoms with E-state index in [1.165, 1.54) is 4.90 Å². The molecule has 0 fully saturated rings. The number of benzene rings is 1. The van der Waals surface area contributed by atoms with Gasteiger partial charge in [0.05, 0.1) is 5.56 Å². The number of carbonyl (C=O) groups excluding carboxylic acids is 2. The lowest BCUT2D eigenvalue weighted by Gasteiger charge is -2.20. The average molecular weight is 307 g/mol. The molecule has 0 aliphatic rings. The van der Waals surface area contributed by atoms with Crippen LogP contribution >= 0.6 is 0 Å². The number of alkyl carbamates (subject to hydrolysis) is 1. The van der Waals surface area contributed by atoms with Gasteiger partial charge in [0.25, 0.3) is 5.91 Å². The molecular weight excluding hydrogens is 282 g/mol. The van der Waals surface area contributed by atoms with Gasteiger partial charge in [0.1, 0.15) is 5.60 Å². The molecule has 0 radical (unpaired) electrons. The smallest absolute Gasteiger partial charge is 0.407 e. The third kappa shape index (κ3) is 6.03. The van der Waals surface area contributed by atoms with E-state index in [1.54, 1.807) is 20.2 Å². The third-order valence-corrected chi connectivity index (χ3v) is 2.67. The van der Waals surface area contributed by atoms with Gasteiger partial charge in [-0.25, -0.2) is 4.79 Å². The number of hydrogen-bond donors (Lipinski definition) is 2. The Kier molecular flexibility index (Phi) is 6.22. The second kappa shape index (κ2) is 7.68. The number of anilines is 1. The Hall–Kier alpha value is -2.24. The van der Waals surface area contributed by atoms with Crippen LogP contribution in [0.1, 0.15) is 31.1 Å². The van der Waals surface area contributed by atoms with Crippen molar-refractivity contribution in [3.63, 3.8) is 0 Å². The molecule has 0 atom stereocenters. The van der Waals surface area contributed by atoms with Crippen LogP contribution in [0.2, 0.25) is 0 Å². The van der Waals surface area contributed by atoms with Crippen molar-refractivity contribution in [1.29, 1.82) is 0 Å². The molecule has 6 heteroatoms. The van der Waals surface area contributed by atoms with Gasteiger partial charge >= 0.3 is 6.09 Å². The van der Waals surface area contributed by atoms with Crippen LogP contribution in [-0.4, -0.2) is 49.7 Å². The van der Waals surface area contributed by atoms with E-state index < -0.39 is 11.7 Å². The second-order valence-electron chi connectivity index (χ2n) is 6.10. The van der Waals surface area contributed by atoms with Gasteiger partial charge < -0.3 is 20.3 Å². The largest absolute Gasteiger partial charge is 0.444 e. The number of ether oxygens (including phenoxy) is 1. The monoisotopic (exact) mass is 307 g/mol. The van der Waals surface area contributed by atoms with E-state index in [0.717, 1.165) is 5.69 Å². The highest BCUT2D eigenvalue weighted by atomic mass is 16.6. The Balaban J connectivity index is 2.49. The number of hydrogen-bond acceptors (Lipinski definition) is 4. The van der Waals surface area contributed by atoms with Gasteiger partial charge in [-0.1, -0.05) is 12.1 Å². The minimum atomic E-state index is -0.512. The molecule has 0 aliphatic heterocycles. The third-order valence-electron chi connectivity index (χ3n) is 2.67. The quantitative estimate of drug-likeness (QED) is 0.819. The molecule has 0 spiro atoms. The molecule has 2 N–H and O–H groups in total. The van der Waals surface area contributed by atoms with Crippen LogP contribution in [0.3, 0.4) is 0 Å². The van der Waals surface area contributed by atoms with E-state index >= 15 is 0 Å². The normalized spacial score (nSPS) is 10.8. The van der Waals surface area contributed by atoms with Crippen LogP contribution < -0.4 is 10.6 Å². The van der Waals surface area contributed by atoms with Crippen molar-refractivity contribution >= 4 is 17.7 Å². The SMILES string of the molecule is CN(C)C(=O)c1ccccc1NCCNC(=O)OC(C)(C)C. The molecule has 22 heavy (non-hydrogen) atoms. The molecule has 1 aromatic rings. The number of rotatable bonds is 5. The minimum Gasteiger partial charge on any atom is -0.444 e. The molecule has 0 aliphatic carbocycles. The minimum absolute atomic E-state index is 0.0665. The Morgan fingerprint density at radius 2 is 1.77 bits per heavy atom. The zero-order chi connectivity index (χ0) is 16.8. The Labute approximate surface area is 131 Å². The fraction of sp³-hybridized carbons (Fsp3) is 0.500. The van der Waals surface area contributed by atoms with E-state index in [0.29, 0.717) is 18.7 Å². The van der Waals surface area contributed by atoms with Crippen molar-refractivity contribution in [2.24, 2.45) is 0 Å². The zero-order valence-electron chi connectivity index (χ0n) is 13.9. The van der Waals surface area contributed by atoms with E-state index in [4.69, 9.17) is 4.74 Å². The fourth-order valence-corrected chi connectivity index (χ4v) is 1.74. The van der Waals surface area contributed by atoms with Gasteiger partial charge in [0, 0.05) is 32.9 Å². The maximum absolute atomic E-state index is 12.1. The number of para-hydroxylation sites is 1. The van der Waals surface area contributed by atoms with Crippen molar-refractivity contribution in [2.75, 3.05) is 32.5 Å². The zero-order valence-corrected chi connectivity index (χ0v) is 13.9. The highest BCUT2D eigenvalue weighted by Gasteiger charge is 2.16. The summed E-state index contributed by atoms with van der Waals surface area (Å²) in [4.78, 5) is 25.1. The first-order chi connectivity index (χ1) is 10.2. The first-order valence-electron chi connectivity index (χ1n) is 7.22. The molecule has 0 bridgehead atoms. The molecule has 6 nitrogen and oxygen atoms in total. The summed E-state index contributed by atoms with van der Waals surface area (Å²) in [6.07, 6.45) is -0.452. The maximum Gasteiger partial charge on any atom is 0.407 e. The number of amides is 2. The maximum atomic E-state index is 12.1. The molecule has 0 unspecified atom stereocenters. The molecule has 122 valence electrons. The molecule has 0 saturated heterocycles. The summed E-state index contributed by atoms with van der Waals surface area (Å²) in [5.41, 5.74) is 0.833. The first-order valence-corrected chi connectivity index (χ1v) is 7.22. The molecule has 1 rings (SSSR count). The summed E-state index contributed by atoms with van der Waals surface area (Å²) < 4.78 is 5.14. The summed E-state index contributed by atoms with van der Waals surface area (Å²) in [7, 11) is 3.42. The lowest BCUT2D eigenvalue weighted by molar-refractivity contribution is 0.0529. The van der Waals surface area contributed by atoms with Gasteiger partial charge in [-0.15, -0.1) is 0 Å². The highest BCUT2D eigenvalue weighted by molar-refractivity contribution is 5.99. The van der Waals surface area contributed by atoms with E-state index in [1.807, 2.05) is 39.0 Å². The molecule has 2 amide bonds. The van der Waals surface area contributed by atoms with Gasteiger partial charge in [0.2, 0.25) is 0 Å². The van der Waals surface area contributed by atoms with Crippen LogP contribution in [0, 0.1) is 0 Å². The van der Waals surface area contributed by atoms with Crippen LogP contribution in [-0.2, 0) is 4.74 Å². The molecule has 0 aromatic heterocycles. The highest BCUT2D eigenvalue weighted by Crippen LogP contribution is 2.16. The van der Waals surface area contributed by atoms with Gasteiger partial charge in [-0.2, -0.15) is 0 Å². The van der Waals surface area contributed by atoms with Crippen molar-refractivity contribution in [3.8, 4) is 0 Å². The predicted octanol–water partition coefficient (Wildman–Crippen LogP) is 2.33. The number of nitrogens with zero attached hydrogens (tertiary/aromatic N) is 1. The van der Waals surface area contributed by atoms with Gasteiger partial charge in [-0.05, 0) is 32.9 Å². The lowest BCUT2D eigenvalue weighted by Crippen LogP contribution is -2.35. The van der Waals surface area contributed by atoms with Crippen molar-refractivity contribution in [1.82, 2.24) is 10.2 Å². The number of nitrogens with one attached hydrogen (secondary N) is 2. The van der Waals surface area contributed by atoms with Gasteiger partial charge in [0.15, 0.2) is 0 Å². The van der Waals surface area contributed by atoms with Crippen molar-refractivity contribution in [3.05, 3.63) is 29.8 Å². The van der Waals surface area contributed by atoms with Crippen LogP contribution in [0.4, 0.5) is 10.5 Å². The average Bonchev–Trinajstić information content (AvgIpc) is 2.41. The van der Waals surface area contributed by atoms with Crippen LogP contribution in [0.15, 0.2) is 24.3 Å². The molecular formula is C16H25N3O3. The van der Waals surface area contributed by atoms with E-state index in [-0.39, 0.29) is 5.91 Å². The Bertz CT molecular complexity index is 522. The summed E-state index contributed by atoms with van der Waals surface area (Å²) in [5, 5.41) is 5.81. The summed E-state index contributed by atoms with van der Waals surface area (Å²) >= 11 is 0. The predicted molar refractivity (Wildman–Crippen MR) is 87.2 cm³/mol. The lowest BCUT2D eigenvalue weighted by atomic mass is 10.1. The molecule has 1 aromatic carbocycles. The fourth-order valence-electron chi connectivity index (χ4n) is 1.74. The standard InChI is InChI=1S/C16H25N3O3/c1-16(2,3)22-15(21)18-11-10-17-13-9-7-6-8-12(13)14(20)19(4)5/h6-9,17H,10-11H2,1-5H3,(H,18,21). The Morgan fingerprint density at radius 3 is 2.36 bits per heavy atom. The van der Waals surface area contributed by atoms with Crippen molar-refractivity contribution < 1.29 is 14.3 Å². The van der Waals surface area contributed by atoms with Crippen LogP contribution in [0.5, 0.6) is 0 Å². The van der Waals surface area contributed by atoms with E-state index in [2.05, 4.69) is 10.6 Å². The summed E-state index contributed by atoms with van der Waals surface area (Å²) in [6, 6.07) is 7.28. The summed E-state index contributed by atoms with van der Waals surface area (Å²) in [5.74, 6) is -0.0665. The van der Waals surface area contributed by atoms with Crippen molar-refractivity contribution in [2.45, 2.75) is 26.4 Å². The second-order valence-corrected chi connectivity index (χ2v) is 6.10. The number of carbonyl (C=O) groups is 2. The summed E-state index contributed by atoms with van der Waals surface area (Å²) in [6.45, 7) is 6.34. The van der Waals surface area contributed by atoms with Gasteiger partial charge in [-0.3, -0.25) is 4.79 Å². The van der Waals surface area contributed by atoms with Crippen LogP contribution in [0.25, 0.3) is 0 Å². The molecule has 0 saturated carbocycles. The Morgan fingerprint density at radius 1 is 1.14 bits per heavy atom. The topological polar surface area (TPSA) is 70.7 Å². The first kappa shape index (κ1) is 17.8.